The first kappa shape index (κ1) is 24.6. The zero-order chi connectivity index (χ0) is 2.00. The molecule has 0 aliphatic rings. The summed E-state index contributed by atoms with van der Waals surface area (Å²) in [4.78, 5) is 0. The molecule has 0 saturated heterocycles. The average Bonchev–Trinajstić information content (AvgIpc) is 1.00. The Morgan fingerprint density at radius 3 is 1.00 bits per heavy atom. The second-order valence-electron chi connectivity index (χ2n) is 0. The minimum absolute atomic E-state index is 0. The van der Waals surface area contributed by atoms with E-state index in [1.165, 1.54) is 0 Å². The van der Waals surface area contributed by atoms with Crippen LogP contribution in [0.3, 0.4) is 0 Å². The monoisotopic (exact) mass is 543 g/mol. The van der Waals surface area contributed by atoms with Crippen molar-refractivity contribution in [3.63, 3.8) is 0 Å². The van der Waals surface area contributed by atoms with Crippen molar-refractivity contribution in [1.29, 1.82) is 0 Å². The van der Waals surface area contributed by atoms with Crippen LogP contribution in [-0.2, 0) is 56.1 Å². The summed E-state index contributed by atoms with van der Waals surface area (Å²) in [6.07, 6.45) is 0. The van der Waals surface area contributed by atoms with Gasteiger partial charge in [0.15, 0.2) is 0 Å². The van der Waals surface area contributed by atoms with E-state index in [0.717, 1.165) is 0 Å². The maximum atomic E-state index is 8.06. The topological polar surface area (TPSA) is 17.1 Å². The molecule has 0 aromatic heterocycles. The third kappa shape index (κ3) is 19.6. The molecule has 0 spiro atoms. The van der Waals surface area contributed by atoms with Gasteiger partial charge in [0.25, 0.3) is 0 Å². The Kier molecular flexibility index (Phi) is 139. The number of hydrogen-bond acceptors (Lipinski definition) is 1. The zero-order valence-corrected chi connectivity index (χ0v) is 14.3. The maximum Gasteiger partial charge on any atom is 0.381 e. The molecule has 0 aromatic carbocycles. The Bertz CT molecular complexity index is 9.61. The molecule has 21 valence electrons. The molecule has 5 heteroatoms. The third-order valence-corrected chi connectivity index (χ3v) is 0. The van der Waals surface area contributed by atoms with E-state index in [0.29, 0.717) is 0 Å². The van der Waals surface area contributed by atoms with E-state index in [1.807, 2.05) is 0 Å². The average molecular weight is 540 g/mol. The van der Waals surface area contributed by atoms with Crippen LogP contribution in [0.5, 0.6) is 0 Å². The fourth-order valence-electron chi connectivity index (χ4n) is 0. The van der Waals surface area contributed by atoms with Gasteiger partial charge in [-0.3, -0.25) is 0 Å². The van der Waals surface area contributed by atoms with Gasteiger partial charge in [-0.1, -0.05) is 0 Å². The van der Waals surface area contributed by atoms with Crippen LogP contribution in [-0.4, -0.2) is 10.1 Å². The van der Waals surface area contributed by atoms with Crippen molar-refractivity contribution in [2.45, 2.75) is 0 Å². The molecule has 0 saturated carbocycles. The zero-order valence-electron chi connectivity index (χ0n) is 2.49. The van der Waals surface area contributed by atoms with Crippen LogP contribution in [0, 0.1) is 35.6 Å². The molecule has 0 fully saturated rings. The Morgan fingerprint density at radius 1 is 1.00 bits per heavy atom. The van der Waals surface area contributed by atoms with Crippen LogP contribution in [0.15, 0.2) is 0 Å². The van der Waals surface area contributed by atoms with Crippen LogP contribution in [0.2, 0.25) is 0 Å². The van der Waals surface area contributed by atoms with Gasteiger partial charge < -0.3 is 4.46 Å². The van der Waals surface area contributed by atoms with Gasteiger partial charge in [0.05, 0.1) is 0 Å². The molecule has 0 heterocycles. The first-order chi connectivity index (χ1) is 1.00. The van der Waals surface area contributed by atoms with Crippen LogP contribution >= 0.6 is 0 Å². The third-order valence-electron chi connectivity index (χ3n) is 0. The SMILES string of the molecule is O=[Si].[Hf].[Hf].[La]. The minimum Gasteiger partial charge on any atom is -0.381 e. The van der Waals surface area contributed by atoms with Crippen molar-refractivity contribution in [3.05, 3.63) is 0 Å². The minimum atomic E-state index is 0. The summed E-state index contributed by atoms with van der Waals surface area (Å²) in [5, 5.41) is 0. The molecule has 0 aromatic rings. The van der Waals surface area contributed by atoms with E-state index in [2.05, 4.69) is 0 Å². The second kappa shape index (κ2) is 28.3. The van der Waals surface area contributed by atoms with E-state index in [-0.39, 0.29) is 87.3 Å². The molecule has 0 amide bonds. The van der Waals surface area contributed by atoms with Gasteiger partial charge >= 0.3 is 10.1 Å². The van der Waals surface area contributed by atoms with Crippen molar-refractivity contribution in [2.24, 2.45) is 0 Å². The molecular formula is Hf2LaOSi. The molecule has 0 rings (SSSR count). The maximum absolute atomic E-state index is 8.06. The molecule has 5 heavy (non-hydrogen) atoms. The summed E-state index contributed by atoms with van der Waals surface area (Å²) < 4.78 is 8.06. The van der Waals surface area contributed by atoms with Gasteiger partial charge in [-0.25, -0.2) is 0 Å². The molecule has 0 bridgehead atoms. The van der Waals surface area contributed by atoms with E-state index in [1.54, 1.807) is 10.1 Å². The standard InChI is InChI=1S/2Hf.La.OSi/c;;;1-2. The van der Waals surface area contributed by atoms with Crippen molar-refractivity contribution in [2.75, 3.05) is 0 Å². The summed E-state index contributed by atoms with van der Waals surface area (Å²) >= 11 is 0. The largest absolute Gasteiger partial charge is 0.381 e. The van der Waals surface area contributed by atoms with Crippen LogP contribution in [0.4, 0.5) is 0 Å². The van der Waals surface area contributed by atoms with Crippen LogP contribution in [0.1, 0.15) is 0 Å². The molecule has 0 aliphatic carbocycles. The summed E-state index contributed by atoms with van der Waals surface area (Å²) in [5.41, 5.74) is 0. The molecule has 0 aliphatic heterocycles. The van der Waals surface area contributed by atoms with Crippen molar-refractivity contribution in [1.82, 2.24) is 0 Å². The molecular weight excluding hydrogens is 540 g/mol. The van der Waals surface area contributed by atoms with Crippen molar-refractivity contribution < 1.29 is 91.7 Å². The molecule has 0 unspecified atom stereocenters. The summed E-state index contributed by atoms with van der Waals surface area (Å²) in [5.74, 6) is 0. The smallest absolute Gasteiger partial charge is 0.381 e. The Hall–Kier alpha value is 2.95. The first-order valence-corrected chi connectivity index (χ1v) is 0.612. The van der Waals surface area contributed by atoms with Gasteiger partial charge in [-0.15, -0.1) is 0 Å². The predicted octanol–water partition coefficient (Wildman–Crippen LogP) is -0.505. The van der Waals surface area contributed by atoms with Gasteiger partial charge in [0.2, 0.25) is 0 Å². The Morgan fingerprint density at radius 2 is 1.00 bits per heavy atom. The van der Waals surface area contributed by atoms with E-state index >= 15 is 0 Å². The van der Waals surface area contributed by atoms with E-state index < -0.39 is 0 Å². The van der Waals surface area contributed by atoms with Crippen LogP contribution < -0.4 is 0 Å². The summed E-state index contributed by atoms with van der Waals surface area (Å²) in [6, 6.07) is 0. The quantitative estimate of drug-likeness (QED) is 0.379. The summed E-state index contributed by atoms with van der Waals surface area (Å²) in [6.45, 7) is 0. The Labute approximate surface area is 99.7 Å². The fourth-order valence-corrected chi connectivity index (χ4v) is 0. The number of rotatable bonds is 0. The van der Waals surface area contributed by atoms with Crippen molar-refractivity contribution >= 4 is 10.1 Å². The molecule has 3 radical (unpaired) electrons. The number of hydrogen-bond donors (Lipinski definition) is 0. The van der Waals surface area contributed by atoms with Crippen molar-refractivity contribution in [3.8, 4) is 0 Å². The molecule has 0 atom stereocenters. The predicted molar refractivity (Wildman–Crippen MR) is 6.44 cm³/mol. The van der Waals surface area contributed by atoms with Gasteiger partial charge in [0, 0.05) is 87.3 Å². The van der Waals surface area contributed by atoms with Gasteiger partial charge in [-0.05, 0) is 0 Å². The van der Waals surface area contributed by atoms with Gasteiger partial charge in [-0.2, -0.15) is 0 Å². The second-order valence-corrected chi connectivity index (χ2v) is 0. The first-order valence-electron chi connectivity index (χ1n) is 0.204. The van der Waals surface area contributed by atoms with E-state index in [9.17, 15) is 0 Å². The molecule has 0 N–H and O–H groups in total. The molecule has 1 nitrogen and oxygen atoms in total. The van der Waals surface area contributed by atoms with Crippen LogP contribution in [0.25, 0.3) is 0 Å². The fraction of sp³-hybridized carbons (Fsp3) is 0. The Balaban J connectivity index is -0.00000000167. The van der Waals surface area contributed by atoms with Gasteiger partial charge in [0.1, 0.15) is 0 Å². The van der Waals surface area contributed by atoms with E-state index in [4.69, 9.17) is 4.46 Å². The summed E-state index contributed by atoms with van der Waals surface area (Å²) in [7, 11) is 1.72. The normalized spacial score (nSPS) is 0.800.